The number of rotatable bonds is 3. The van der Waals surface area contributed by atoms with Crippen LogP contribution < -0.4 is 0 Å². The lowest BCUT2D eigenvalue weighted by atomic mass is 10.0. The van der Waals surface area contributed by atoms with Crippen LogP contribution in [-0.2, 0) is 0 Å². The highest BCUT2D eigenvalue weighted by Gasteiger charge is 2.26. The molecule has 0 aliphatic heterocycles. The fourth-order valence-corrected chi connectivity index (χ4v) is 1.74. The van der Waals surface area contributed by atoms with Crippen LogP contribution in [0.1, 0.15) is 15.9 Å². The summed E-state index contributed by atoms with van der Waals surface area (Å²) in [6.45, 7) is 0. The topological polar surface area (TPSA) is 118 Å². The van der Waals surface area contributed by atoms with Crippen molar-refractivity contribution in [3.8, 4) is 28.7 Å². The SMILES string of the molecule is O=C(C=Cc1ccccc1)c1c(O)c(O)c(O)c(O)c1O. The van der Waals surface area contributed by atoms with Crippen LogP contribution in [0, 0.1) is 0 Å². The van der Waals surface area contributed by atoms with Crippen molar-refractivity contribution in [3.05, 3.63) is 47.5 Å². The lowest BCUT2D eigenvalue weighted by Gasteiger charge is -2.09. The quantitative estimate of drug-likeness (QED) is 0.255. The number of carbonyl (C=O) groups is 1. The Labute approximate surface area is 119 Å². The molecule has 0 fully saturated rings. The largest absolute Gasteiger partial charge is 0.504 e. The molecule has 0 saturated carbocycles. The summed E-state index contributed by atoms with van der Waals surface area (Å²) >= 11 is 0. The van der Waals surface area contributed by atoms with E-state index in [-0.39, 0.29) is 0 Å². The molecule has 0 unspecified atom stereocenters. The minimum absolute atomic E-state index is 0.699. The zero-order chi connectivity index (χ0) is 15.6. The Hall–Kier alpha value is -3.15. The number of ketones is 1. The maximum absolute atomic E-state index is 12.0. The van der Waals surface area contributed by atoms with E-state index >= 15 is 0 Å². The van der Waals surface area contributed by atoms with Gasteiger partial charge in [-0.15, -0.1) is 0 Å². The van der Waals surface area contributed by atoms with E-state index in [0.717, 1.165) is 6.08 Å². The second kappa shape index (κ2) is 5.46. The van der Waals surface area contributed by atoms with Gasteiger partial charge in [-0.05, 0) is 11.6 Å². The monoisotopic (exact) mass is 288 g/mol. The van der Waals surface area contributed by atoms with E-state index in [2.05, 4.69) is 0 Å². The zero-order valence-corrected chi connectivity index (χ0v) is 10.7. The maximum Gasteiger partial charge on any atom is 0.208 e. The van der Waals surface area contributed by atoms with E-state index in [9.17, 15) is 30.3 Å². The number of phenols is 5. The molecule has 0 saturated heterocycles. The van der Waals surface area contributed by atoms with Crippen molar-refractivity contribution >= 4 is 11.9 Å². The first kappa shape index (κ1) is 14.3. The Balaban J connectivity index is 2.43. The summed E-state index contributed by atoms with van der Waals surface area (Å²) in [5, 5.41) is 47.2. The summed E-state index contributed by atoms with van der Waals surface area (Å²) in [5.41, 5.74) is 0.00651. The molecule has 0 heterocycles. The van der Waals surface area contributed by atoms with Crippen molar-refractivity contribution in [2.75, 3.05) is 0 Å². The second-order valence-corrected chi connectivity index (χ2v) is 4.23. The van der Waals surface area contributed by atoms with E-state index in [1.807, 2.05) is 0 Å². The molecule has 0 atom stereocenters. The molecule has 6 heteroatoms. The molecule has 0 bridgehead atoms. The highest BCUT2D eigenvalue weighted by molar-refractivity contribution is 6.11. The van der Waals surface area contributed by atoms with Gasteiger partial charge in [-0.3, -0.25) is 4.79 Å². The molecule has 0 aromatic heterocycles. The zero-order valence-electron chi connectivity index (χ0n) is 10.7. The van der Waals surface area contributed by atoms with Crippen LogP contribution in [0.15, 0.2) is 36.4 Å². The molecule has 0 radical (unpaired) electrons. The molecule has 6 nitrogen and oxygen atoms in total. The average Bonchev–Trinajstić information content (AvgIpc) is 2.50. The van der Waals surface area contributed by atoms with Gasteiger partial charge in [0.2, 0.25) is 17.2 Å². The molecule has 2 aromatic rings. The fraction of sp³-hybridized carbons (Fsp3) is 0. The number of benzene rings is 2. The fourth-order valence-electron chi connectivity index (χ4n) is 1.74. The third kappa shape index (κ3) is 2.59. The molecule has 2 rings (SSSR count). The van der Waals surface area contributed by atoms with Gasteiger partial charge in [0, 0.05) is 0 Å². The number of carbonyl (C=O) groups excluding carboxylic acids is 1. The first-order chi connectivity index (χ1) is 9.93. The van der Waals surface area contributed by atoms with Gasteiger partial charge in [0.1, 0.15) is 5.56 Å². The summed E-state index contributed by atoms with van der Waals surface area (Å²) in [6, 6.07) is 8.78. The summed E-state index contributed by atoms with van der Waals surface area (Å²) in [6.07, 6.45) is 2.49. The lowest BCUT2D eigenvalue weighted by Crippen LogP contribution is -1.97. The van der Waals surface area contributed by atoms with E-state index < -0.39 is 40.1 Å². The van der Waals surface area contributed by atoms with E-state index in [1.165, 1.54) is 6.08 Å². The van der Waals surface area contributed by atoms with Gasteiger partial charge >= 0.3 is 0 Å². The van der Waals surface area contributed by atoms with Gasteiger partial charge < -0.3 is 25.5 Å². The Kier molecular flexibility index (Phi) is 3.71. The summed E-state index contributed by atoms with van der Waals surface area (Å²) in [5.74, 6) is -6.13. The minimum atomic E-state index is -1.10. The van der Waals surface area contributed by atoms with E-state index in [1.54, 1.807) is 30.3 Å². The number of hydrogen-bond donors (Lipinski definition) is 5. The molecular formula is C15H12O6. The smallest absolute Gasteiger partial charge is 0.208 e. The molecular weight excluding hydrogens is 276 g/mol. The molecule has 5 N–H and O–H groups in total. The molecule has 2 aromatic carbocycles. The minimum Gasteiger partial charge on any atom is -0.504 e. The second-order valence-electron chi connectivity index (χ2n) is 4.23. The normalized spacial score (nSPS) is 10.9. The summed E-state index contributed by atoms with van der Waals surface area (Å²) in [7, 11) is 0. The third-order valence-corrected chi connectivity index (χ3v) is 2.84. The third-order valence-electron chi connectivity index (χ3n) is 2.84. The van der Waals surface area contributed by atoms with Crippen molar-refractivity contribution in [2.24, 2.45) is 0 Å². The number of allylic oxidation sites excluding steroid dienone is 1. The van der Waals surface area contributed by atoms with Gasteiger partial charge in [-0.1, -0.05) is 36.4 Å². The standard InChI is InChI=1S/C15H12O6/c16-9(7-6-8-4-2-1-3-5-8)10-11(17)13(19)15(21)14(20)12(10)18/h1-7,17-21H. The maximum atomic E-state index is 12.0. The highest BCUT2D eigenvalue weighted by atomic mass is 16.4. The van der Waals surface area contributed by atoms with Gasteiger partial charge in [0.05, 0.1) is 0 Å². The first-order valence-electron chi connectivity index (χ1n) is 5.89. The Bertz CT molecular complexity index is 690. The Morgan fingerprint density at radius 3 is 1.76 bits per heavy atom. The van der Waals surface area contributed by atoms with Gasteiger partial charge in [-0.25, -0.2) is 0 Å². The number of phenolic OH excluding ortho intramolecular Hbond substituents is 5. The van der Waals surface area contributed by atoms with Crippen LogP contribution in [0.4, 0.5) is 0 Å². The Morgan fingerprint density at radius 1 is 0.762 bits per heavy atom. The molecule has 21 heavy (non-hydrogen) atoms. The van der Waals surface area contributed by atoms with Crippen molar-refractivity contribution in [3.63, 3.8) is 0 Å². The molecule has 0 spiro atoms. The van der Waals surface area contributed by atoms with Crippen molar-refractivity contribution < 1.29 is 30.3 Å². The number of hydrogen-bond acceptors (Lipinski definition) is 6. The van der Waals surface area contributed by atoms with Crippen LogP contribution in [0.2, 0.25) is 0 Å². The van der Waals surface area contributed by atoms with E-state index in [4.69, 9.17) is 0 Å². The summed E-state index contributed by atoms with van der Waals surface area (Å²) in [4.78, 5) is 12.0. The Morgan fingerprint density at radius 2 is 1.24 bits per heavy atom. The average molecular weight is 288 g/mol. The van der Waals surface area contributed by atoms with Crippen LogP contribution in [-0.4, -0.2) is 31.3 Å². The van der Waals surface area contributed by atoms with Gasteiger partial charge in [0.15, 0.2) is 17.3 Å². The first-order valence-corrected chi connectivity index (χ1v) is 5.89. The van der Waals surface area contributed by atoms with Crippen LogP contribution in [0.3, 0.4) is 0 Å². The van der Waals surface area contributed by atoms with Gasteiger partial charge in [0.25, 0.3) is 0 Å². The van der Waals surface area contributed by atoms with E-state index in [0.29, 0.717) is 5.56 Å². The molecule has 0 aliphatic carbocycles. The molecule has 108 valence electrons. The predicted molar refractivity (Wildman–Crippen MR) is 74.6 cm³/mol. The van der Waals surface area contributed by atoms with Crippen LogP contribution >= 0.6 is 0 Å². The van der Waals surface area contributed by atoms with Crippen molar-refractivity contribution in [1.29, 1.82) is 0 Å². The lowest BCUT2D eigenvalue weighted by molar-refractivity contribution is 0.104. The van der Waals surface area contributed by atoms with Crippen molar-refractivity contribution in [2.45, 2.75) is 0 Å². The molecule has 0 aliphatic rings. The molecule has 0 amide bonds. The van der Waals surface area contributed by atoms with Crippen LogP contribution in [0.5, 0.6) is 28.7 Å². The van der Waals surface area contributed by atoms with Gasteiger partial charge in [-0.2, -0.15) is 0 Å². The summed E-state index contributed by atoms with van der Waals surface area (Å²) < 4.78 is 0. The van der Waals surface area contributed by atoms with Crippen molar-refractivity contribution in [1.82, 2.24) is 0 Å². The number of aromatic hydroxyl groups is 5. The predicted octanol–water partition coefficient (Wildman–Crippen LogP) is 2.11. The van der Waals surface area contributed by atoms with Crippen LogP contribution in [0.25, 0.3) is 6.08 Å². The highest BCUT2D eigenvalue weighted by Crippen LogP contribution is 2.50.